The summed E-state index contributed by atoms with van der Waals surface area (Å²) in [5, 5.41) is 2.92. The minimum absolute atomic E-state index is 0.0259. The van der Waals surface area contributed by atoms with E-state index in [4.69, 9.17) is 0 Å². The summed E-state index contributed by atoms with van der Waals surface area (Å²) in [6, 6.07) is 9.48. The molecule has 1 N–H and O–H groups in total. The second-order valence-corrected chi connectivity index (χ2v) is 6.34. The SMILES string of the molecule is O=C(C#Cc1ccccc1)N[C@H]1CCN(C(=O)C2CCCC2)C1. The van der Waals surface area contributed by atoms with Crippen LogP contribution in [0.5, 0.6) is 0 Å². The van der Waals surface area contributed by atoms with Crippen LogP contribution in [0.2, 0.25) is 0 Å². The molecule has 4 nitrogen and oxygen atoms in total. The third-order valence-electron chi connectivity index (χ3n) is 4.63. The van der Waals surface area contributed by atoms with Crippen molar-refractivity contribution in [2.75, 3.05) is 13.1 Å². The molecule has 0 bridgehead atoms. The number of carbonyl (C=O) groups excluding carboxylic acids is 2. The fourth-order valence-corrected chi connectivity index (χ4v) is 3.38. The molecule has 1 aliphatic heterocycles. The molecule has 0 radical (unpaired) electrons. The molecule has 0 unspecified atom stereocenters. The van der Waals surface area contributed by atoms with Crippen molar-refractivity contribution < 1.29 is 9.59 Å². The Labute approximate surface area is 137 Å². The first kappa shape index (κ1) is 15.6. The summed E-state index contributed by atoms with van der Waals surface area (Å²) in [5.41, 5.74) is 0.826. The van der Waals surface area contributed by atoms with Gasteiger partial charge >= 0.3 is 0 Å². The summed E-state index contributed by atoms with van der Waals surface area (Å²) >= 11 is 0. The molecule has 1 atom stereocenters. The number of rotatable bonds is 2. The first-order valence-corrected chi connectivity index (χ1v) is 8.39. The number of amides is 2. The van der Waals surface area contributed by atoms with Gasteiger partial charge < -0.3 is 10.2 Å². The molecule has 0 spiro atoms. The lowest BCUT2D eigenvalue weighted by Gasteiger charge is -2.20. The zero-order valence-electron chi connectivity index (χ0n) is 13.3. The normalized spacial score (nSPS) is 20.9. The predicted octanol–water partition coefficient (Wildman–Crippen LogP) is 1.95. The maximum atomic E-state index is 12.4. The van der Waals surface area contributed by atoms with E-state index in [9.17, 15) is 9.59 Å². The lowest BCUT2D eigenvalue weighted by molar-refractivity contribution is -0.134. The lowest BCUT2D eigenvalue weighted by atomic mass is 10.1. The summed E-state index contributed by atoms with van der Waals surface area (Å²) < 4.78 is 0. The van der Waals surface area contributed by atoms with Crippen LogP contribution in [0.15, 0.2) is 30.3 Å². The molecule has 1 aromatic carbocycles. The quantitative estimate of drug-likeness (QED) is 0.849. The molecule has 2 aliphatic rings. The Hall–Kier alpha value is -2.28. The highest BCUT2D eigenvalue weighted by Crippen LogP contribution is 2.27. The third-order valence-corrected chi connectivity index (χ3v) is 4.63. The highest BCUT2D eigenvalue weighted by atomic mass is 16.2. The molecular weight excluding hydrogens is 288 g/mol. The maximum Gasteiger partial charge on any atom is 0.296 e. The van der Waals surface area contributed by atoms with E-state index in [1.807, 2.05) is 35.2 Å². The monoisotopic (exact) mass is 310 g/mol. The number of nitrogens with zero attached hydrogens (tertiary/aromatic N) is 1. The largest absolute Gasteiger partial charge is 0.341 e. The van der Waals surface area contributed by atoms with Gasteiger partial charge in [0.15, 0.2) is 0 Å². The highest BCUT2D eigenvalue weighted by molar-refractivity contribution is 5.94. The summed E-state index contributed by atoms with van der Waals surface area (Å²) in [6.07, 6.45) is 5.19. The van der Waals surface area contributed by atoms with E-state index in [1.165, 1.54) is 12.8 Å². The fraction of sp³-hybridized carbons (Fsp3) is 0.474. The van der Waals surface area contributed by atoms with Crippen molar-refractivity contribution in [3.8, 4) is 11.8 Å². The predicted molar refractivity (Wildman–Crippen MR) is 88.4 cm³/mol. The van der Waals surface area contributed by atoms with Crippen LogP contribution in [0.4, 0.5) is 0 Å². The molecule has 3 rings (SSSR count). The van der Waals surface area contributed by atoms with Crippen molar-refractivity contribution >= 4 is 11.8 Å². The summed E-state index contributed by atoms with van der Waals surface area (Å²) in [7, 11) is 0. The first-order valence-electron chi connectivity index (χ1n) is 8.39. The summed E-state index contributed by atoms with van der Waals surface area (Å²) in [5.74, 6) is 5.69. The highest BCUT2D eigenvalue weighted by Gasteiger charge is 2.32. The third kappa shape index (κ3) is 4.13. The Bertz CT molecular complexity index is 624. The van der Waals surface area contributed by atoms with Crippen LogP contribution in [0.3, 0.4) is 0 Å². The van der Waals surface area contributed by atoms with Crippen LogP contribution in [-0.4, -0.2) is 35.8 Å². The Balaban J connectivity index is 1.49. The lowest BCUT2D eigenvalue weighted by Crippen LogP contribution is -2.39. The smallest absolute Gasteiger partial charge is 0.296 e. The average Bonchev–Trinajstić information content (AvgIpc) is 3.25. The van der Waals surface area contributed by atoms with Gasteiger partial charge in [-0.3, -0.25) is 9.59 Å². The van der Waals surface area contributed by atoms with Crippen LogP contribution < -0.4 is 5.32 Å². The topological polar surface area (TPSA) is 49.4 Å². The molecule has 120 valence electrons. The number of carbonyl (C=O) groups is 2. The second kappa shape index (κ2) is 7.32. The molecule has 0 aromatic heterocycles. The molecule has 2 fully saturated rings. The molecule has 1 saturated heterocycles. The molecule has 2 amide bonds. The van der Waals surface area contributed by atoms with E-state index in [1.54, 1.807) is 0 Å². The van der Waals surface area contributed by atoms with Crippen molar-refractivity contribution in [2.24, 2.45) is 5.92 Å². The van der Waals surface area contributed by atoms with Crippen LogP contribution in [-0.2, 0) is 9.59 Å². The van der Waals surface area contributed by atoms with E-state index in [0.29, 0.717) is 6.54 Å². The van der Waals surface area contributed by atoms with Gasteiger partial charge in [0.25, 0.3) is 5.91 Å². The Kier molecular flexibility index (Phi) is 4.97. The van der Waals surface area contributed by atoms with Gasteiger partial charge in [0.1, 0.15) is 0 Å². The van der Waals surface area contributed by atoms with Crippen LogP contribution in [0, 0.1) is 17.8 Å². The average molecular weight is 310 g/mol. The standard InChI is InChI=1S/C19H22N2O2/c22-18(11-10-15-6-2-1-3-7-15)20-17-12-13-21(14-17)19(23)16-8-4-5-9-16/h1-3,6-7,16-17H,4-5,8-9,12-14H2,(H,20,22)/t17-/m0/s1. The number of nitrogens with one attached hydrogen (secondary N) is 1. The van der Waals surface area contributed by atoms with Crippen molar-refractivity contribution in [2.45, 2.75) is 38.1 Å². The van der Waals surface area contributed by atoms with Crippen LogP contribution in [0.25, 0.3) is 0 Å². The van der Waals surface area contributed by atoms with Crippen molar-refractivity contribution in [1.29, 1.82) is 0 Å². The van der Waals surface area contributed by atoms with Crippen molar-refractivity contribution in [3.05, 3.63) is 35.9 Å². The maximum absolute atomic E-state index is 12.4. The van der Waals surface area contributed by atoms with E-state index in [-0.39, 0.29) is 23.8 Å². The number of hydrogen-bond donors (Lipinski definition) is 1. The minimum atomic E-state index is -0.269. The Morgan fingerprint density at radius 2 is 1.83 bits per heavy atom. The molecule has 4 heteroatoms. The van der Waals surface area contributed by atoms with E-state index < -0.39 is 0 Å². The number of likely N-dealkylation sites (tertiary alicyclic amines) is 1. The van der Waals surface area contributed by atoms with Crippen LogP contribution >= 0.6 is 0 Å². The van der Waals surface area contributed by atoms with Gasteiger partial charge in [-0.2, -0.15) is 0 Å². The first-order chi connectivity index (χ1) is 11.2. The fourth-order valence-electron chi connectivity index (χ4n) is 3.38. The molecule has 1 aromatic rings. The van der Waals surface area contributed by atoms with Gasteiger partial charge in [-0.1, -0.05) is 37.0 Å². The van der Waals surface area contributed by atoms with Gasteiger partial charge in [0.2, 0.25) is 5.91 Å². The zero-order valence-corrected chi connectivity index (χ0v) is 13.3. The van der Waals surface area contributed by atoms with E-state index in [2.05, 4.69) is 17.2 Å². The van der Waals surface area contributed by atoms with Gasteiger partial charge in [-0.05, 0) is 31.4 Å². The molecule has 1 saturated carbocycles. The Morgan fingerprint density at radius 3 is 2.57 bits per heavy atom. The number of hydrogen-bond acceptors (Lipinski definition) is 2. The van der Waals surface area contributed by atoms with Crippen LogP contribution in [0.1, 0.15) is 37.7 Å². The molecular formula is C19H22N2O2. The molecule has 1 heterocycles. The minimum Gasteiger partial charge on any atom is -0.341 e. The molecule has 1 aliphatic carbocycles. The summed E-state index contributed by atoms with van der Waals surface area (Å²) in [4.78, 5) is 26.2. The van der Waals surface area contributed by atoms with Crippen molar-refractivity contribution in [1.82, 2.24) is 10.2 Å². The van der Waals surface area contributed by atoms with E-state index in [0.717, 1.165) is 31.4 Å². The van der Waals surface area contributed by atoms with Crippen molar-refractivity contribution in [3.63, 3.8) is 0 Å². The van der Waals surface area contributed by atoms with Gasteiger partial charge in [-0.25, -0.2) is 0 Å². The number of benzene rings is 1. The zero-order chi connectivity index (χ0) is 16.1. The Morgan fingerprint density at radius 1 is 1.09 bits per heavy atom. The second-order valence-electron chi connectivity index (χ2n) is 6.34. The van der Waals surface area contributed by atoms with Gasteiger partial charge in [-0.15, -0.1) is 0 Å². The van der Waals surface area contributed by atoms with Gasteiger partial charge in [0, 0.05) is 36.5 Å². The van der Waals surface area contributed by atoms with Gasteiger partial charge in [0.05, 0.1) is 0 Å². The van der Waals surface area contributed by atoms with E-state index >= 15 is 0 Å². The molecule has 23 heavy (non-hydrogen) atoms. The summed E-state index contributed by atoms with van der Waals surface area (Å²) in [6.45, 7) is 1.36.